The zero-order valence-electron chi connectivity index (χ0n) is 12.8. The Kier molecular flexibility index (Phi) is 4.66. The van der Waals surface area contributed by atoms with Gasteiger partial charge in [-0.25, -0.2) is 4.79 Å². The fourth-order valence-corrected chi connectivity index (χ4v) is 2.75. The molecule has 1 aromatic heterocycles. The number of esters is 1. The van der Waals surface area contributed by atoms with Crippen LogP contribution in [0.25, 0.3) is 11.0 Å². The van der Waals surface area contributed by atoms with E-state index in [9.17, 15) is 9.59 Å². The van der Waals surface area contributed by atoms with E-state index >= 15 is 0 Å². The van der Waals surface area contributed by atoms with Gasteiger partial charge >= 0.3 is 5.97 Å². The maximum Gasteiger partial charge on any atom is 0.339 e. The number of amides is 1. The number of fused-ring (bicyclic) bond motifs is 1. The van der Waals surface area contributed by atoms with Gasteiger partial charge in [0.2, 0.25) is 5.91 Å². The standard InChI is InChI=1S/C16H14N4O3S/c1-23-16(22)10-5-2-3-6-11(10)17-9-14(21)18-12-7-4-8-13-15(12)20-24-19-13/h2-8,17H,9H2,1H3,(H,18,21). The summed E-state index contributed by atoms with van der Waals surface area (Å²) < 4.78 is 13.0. The third-order valence-corrected chi connectivity index (χ3v) is 3.87. The fourth-order valence-electron chi connectivity index (χ4n) is 2.20. The van der Waals surface area contributed by atoms with Crippen molar-refractivity contribution in [1.29, 1.82) is 0 Å². The Bertz CT molecular complexity index is 894. The number of aromatic nitrogens is 2. The molecule has 2 aromatic carbocycles. The van der Waals surface area contributed by atoms with Crippen LogP contribution >= 0.6 is 11.7 Å². The van der Waals surface area contributed by atoms with Gasteiger partial charge < -0.3 is 15.4 Å². The normalized spacial score (nSPS) is 10.4. The molecule has 122 valence electrons. The summed E-state index contributed by atoms with van der Waals surface area (Å²) in [5, 5.41) is 5.73. The van der Waals surface area contributed by atoms with E-state index in [2.05, 4.69) is 19.4 Å². The largest absolute Gasteiger partial charge is 0.465 e. The van der Waals surface area contributed by atoms with Crippen LogP contribution in [0.1, 0.15) is 10.4 Å². The predicted octanol–water partition coefficient (Wildman–Crippen LogP) is 2.53. The van der Waals surface area contributed by atoms with Gasteiger partial charge in [-0.2, -0.15) is 8.75 Å². The number of rotatable bonds is 5. The van der Waals surface area contributed by atoms with Gasteiger partial charge in [0.1, 0.15) is 11.0 Å². The average Bonchev–Trinajstić information content (AvgIpc) is 3.09. The number of nitrogens with one attached hydrogen (secondary N) is 2. The molecule has 0 fully saturated rings. The van der Waals surface area contributed by atoms with Gasteiger partial charge in [-0.15, -0.1) is 0 Å². The minimum atomic E-state index is -0.461. The number of nitrogens with zero attached hydrogens (tertiary/aromatic N) is 2. The minimum Gasteiger partial charge on any atom is -0.465 e. The molecule has 0 radical (unpaired) electrons. The molecular weight excluding hydrogens is 328 g/mol. The highest BCUT2D eigenvalue weighted by atomic mass is 32.1. The highest BCUT2D eigenvalue weighted by Crippen LogP contribution is 2.21. The number of hydrogen-bond donors (Lipinski definition) is 2. The Hall–Kier alpha value is -3.00. The van der Waals surface area contributed by atoms with Crippen molar-refractivity contribution in [3.8, 4) is 0 Å². The summed E-state index contributed by atoms with van der Waals surface area (Å²) in [7, 11) is 1.31. The number of methoxy groups -OCH3 is 1. The van der Waals surface area contributed by atoms with Crippen molar-refractivity contribution < 1.29 is 14.3 Å². The second kappa shape index (κ2) is 7.05. The molecule has 0 atom stereocenters. The number of hydrogen-bond acceptors (Lipinski definition) is 7. The molecule has 0 spiro atoms. The van der Waals surface area contributed by atoms with Crippen LogP contribution in [0.5, 0.6) is 0 Å². The number of carbonyl (C=O) groups excluding carboxylic acids is 2. The van der Waals surface area contributed by atoms with Crippen molar-refractivity contribution in [2.45, 2.75) is 0 Å². The van der Waals surface area contributed by atoms with Gasteiger partial charge in [0.15, 0.2) is 0 Å². The van der Waals surface area contributed by atoms with Gasteiger partial charge in [0.05, 0.1) is 36.6 Å². The Morgan fingerprint density at radius 3 is 2.71 bits per heavy atom. The van der Waals surface area contributed by atoms with E-state index in [0.717, 1.165) is 17.2 Å². The van der Waals surface area contributed by atoms with Gasteiger partial charge in [0, 0.05) is 5.69 Å². The van der Waals surface area contributed by atoms with Gasteiger partial charge in [-0.3, -0.25) is 4.79 Å². The highest BCUT2D eigenvalue weighted by molar-refractivity contribution is 7.00. The smallest absolute Gasteiger partial charge is 0.339 e. The van der Waals surface area contributed by atoms with Crippen molar-refractivity contribution in [2.24, 2.45) is 0 Å². The van der Waals surface area contributed by atoms with E-state index in [1.165, 1.54) is 7.11 Å². The van der Waals surface area contributed by atoms with Crippen molar-refractivity contribution in [3.05, 3.63) is 48.0 Å². The van der Waals surface area contributed by atoms with Crippen LogP contribution in [0.2, 0.25) is 0 Å². The molecule has 1 amide bonds. The molecule has 1 heterocycles. The Balaban J connectivity index is 1.68. The Labute approximate surface area is 142 Å². The third kappa shape index (κ3) is 3.33. The number of para-hydroxylation sites is 1. The van der Waals surface area contributed by atoms with Gasteiger partial charge in [-0.05, 0) is 24.3 Å². The predicted molar refractivity (Wildman–Crippen MR) is 92.3 cm³/mol. The van der Waals surface area contributed by atoms with E-state index in [1.807, 2.05) is 6.07 Å². The van der Waals surface area contributed by atoms with E-state index < -0.39 is 5.97 Å². The van der Waals surface area contributed by atoms with Crippen molar-refractivity contribution in [2.75, 3.05) is 24.3 Å². The topological polar surface area (TPSA) is 93.2 Å². The molecule has 3 rings (SSSR count). The third-order valence-electron chi connectivity index (χ3n) is 3.33. The SMILES string of the molecule is COC(=O)c1ccccc1NCC(=O)Nc1cccc2nsnc12. The first kappa shape index (κ1) is 15.9. The zero-order valence-corrected chi connectivity index (χ0v) is 13.6. The molecule has 0 aliphatic heterocycles. The van der Waals surface area contributed by atoms with Crippen molar-refractivity contribution in [1.82, 2.24) is 8.75 Å². The molecule has 0 saturated carbocycles. The molecule has 0 aliphatic rings. The van der Waals surface area contributed by atoms with Gasteiger partial charge in [-0.1, -0.05) is 18.2 Å². The monoisotopic (exact) mass is 342 g/mol. The van der Waals surface area contributed by atoms with Crippen LogP contribution in [0, 0.1) is 0 Å². The summed E-state index contributed by atoms with van der Waals surface area (Å²) in [5.41, 5.74) is 2.91. The van der Waals surface area contributed by atoms with Crippen molar-refractivity contribution >= 4 is 46.0 Å². The maximum absolute atomic E-state index is 12.2. The fraction of sp³-hybridized carbons (Fsp3) is 0.125. The summed E-state index contributed by atoms with van der Waals surface area (Å²) in [4.78, 5) is 23.9. The first-order valence-electron chi connectivity index (χ1n) is 7.11. The van der Waals surface area contributed by atoms with Crippen LogP contribution in [-0.2, 0) is 9.53 Å². The molecule has 8 heteroatoms. The van der Waals surface area contributed by atoms with E-state index in [0.29, 0.717) is 22.5 Å². The van der Waals surface area contributed by atoms with Crippen LogP contribution in [0.3, 0.4) is 0 Å². The molecule has 0 unspecified atom stereocenters. The minimum absolute atomic E-state index is 0.00195. The van der Waals surface area contributed by atoms with Gasteiger partial charge in [0.25, 0.3) is 0 Å². The van der Waals surface area contributed by atoms with Crippen molar-refractivity contribution in [3.63, 3.8) is 0 Å². The lowest BCUT2D eigenvalue weighted by molar-refractivity contribution is -0.114. The summed E-state index contributed by atoms with van der Waals surface area (Å²) in [6.45, 7) is 0.00195. The second-order valence-electron chi connectivity index (χ2n) is 4.88. The summed E-state index contributed by atoms with van der Waals surface area (Å²) >= 11 is 1.09. The molecule has 24 heavy (non-hydrogen) atoms. The van der Waals surface area contributed by atoms with E-state index in [1.54, 1.807) is 36.4 Å². The molecule has 0 saturated heterocycles. The molecule has 2 N–H and O–H groups in total. The first-order chi connectivity index (χ1) is 11.7. The van der Waals surface area contributed by atoms with Crippen LogP contribution in [-0.4, -0.2) is 34.3 Å². The number of benzene rings is 2. The molecule has 0 aliphatic carbocycles. The summed E-state index contributed by atoms with van der Waals surface area (Å²) in [6, 6.07) is 12.3. The quantitative estimate of drug-likeness (QED) is 0.692. The van der Waals surface area contributed by atoms with E-state index in [-0.39, 0.29) is 12.5 Å². The number of anilines is 2. The highest BCUT2D eigenvalue weighted by Gasteiger charge is 2.12. The first-order valence-corrected chi connectivity index (χ1v) is 7.84. The lowest BCUT2D eigenvalue weighted by Gasteiger charge is -2.11. The maximum atomic E-state index is 12.2. The summed E-state index contributed by atoms with van der Waals surface area (Å²) in [6.07, 6.45) is 0. The van der Waals surface area contributed by atoms with E-state index in [4.69, 9.17) is 4.74 Å². The average molecular weight is 342 g/mol. The van der Waals surface area contributed by atoms with Crippen LogP contribution < -0.4 is 10.6 Å². The molecule has 3 aromatic rings. The summed E-state index contributed by atoms with van der Waals surface area (Å²) in [5.74, 6) is -0.716. The Morgan fingerprint density at radius 2 is 1.88 bits per heavy atom. The number of carbonyl (C=O) groups is 2. The molecule has 0 bridgehead atoms. The Morgan fingerprint density at radius 1 is 1.08 bits per heavy atom. The molecule has 7 nitrogen and oxygen atoms in total. The van der Waals surface area contributed by atoms with Crippen LogP contribution in [0.15, 0.2) is 42.5 Å². The molecular formula is C16H14N4O3S. The number of ether oxygens (including phenoxy) is 1. The zero-order chi connectivity index (χ0) is 16.9. The lowest BCUT2D eigenvalue weighted by atomic mass is 10.2. The van der Waals surface area contributed by atoms with Crippen LogP contribution in [0.4, 0.5) is 11.4 Å². The second-order valence-corrected chi connectivity index (χ2v) is 5.40. The lowest BCUT2D eigenvalue weighted by Crippen LogP contribution is -2.22.